The predicted molar refractivity (Wildman–Crippen MR) is 93.8 cm³/mol. The van der Waals surface area contributed by atoms with Crippen molar-refractivity contribution in [2.24, 2.45) is 0 Å². The third-order valence-electron chi connectivity index (χ3n) is 3.86. The minimum Gasteiger partial charge on any atom is -0.487 e. The zero-order valence-corrected chi connectivity index (χ0v) is 14.4. The van der Waals surface area contributed by atoms with Crippen LogP contribution in [0.5, 0.6) is 5.75 Å². The van der Waals surface area contributed by atoms with E-state index >= 15 is 0 Å². The molecule has 0 saturated heterocycles. The zero-order chi connectivity index (χ0) is 17.3. The summed E-state index contributed by atoms with van der Waals surface area (Å²) in [5.74, 6) is 0.815. The van der Waals surface area contributed by atoms with Crippen LogP contribution in [0.3, 0.4) is 0 Å². The monoisotopic (exact) mass is 330 g/mol. The summed E-state index contributed by atoms with van der Waals surface area (Å²) in [5.41, 5.74) is 1.76. The summed E-state index contributed by atoms with van der Waals surface area (Å²) in [6, 6.07) is 13.8. The first-order valence-corrected chi connectivity index (χ1v) is 8.12. The van der Waals surface area contributed by atoms with E-state index in [0.717, 1.165) is 17.0 Å². The number of hydrogen-bond acceptors (Lipinski definition) is 5. The van der Waals surface area contributed by atoms with Crippen molar-refractivity contribution in [3.8, 4) is 5.75 Å². The van der Waals surface area contributed by atoms with E-state index in [1.165, 1.54) is 0 Å². The number of aliphatic hydroxyl groups is 1. The highest BCUT2D eigenvalue weighted by atomic mass is 16.5. The van der Waals surface area contributed by atoms with Gasteiger partial charge in [-0.25, -0.2) is 0 Å². The van der Waals surface area contributed by atoms with Crippen LogP contribution in [-0.4, -0.2) is 36.0 Å². The lowest BCUT2D eigenvalue weighted by atomic mass is 9.99. The number of aromatic nitrogens is 1. The smallest absolute Gasteiger partial charge is 0.130 e. The number of aliphatic hydroxyl groups excluding tert-OH is 1. The van der Waals surface area contributed by atoms with Gasteiger partial charge in [-0.15, -0.1) is 0 Å². The van der Waals surface area contributed by atoms with E-state index in [0.29, 0.717) is 26.2 Å². The van der Waals surface area contributed by atoms with Crippen LogP contribution in [0, 0.1) is 0 Å². The van der Waals surface area contributed by atoms with Crippen LogP contribution in [0.4, 0.5) is 0 Å². The van der Waals surface area contributed by atoms with Gasteiger partial charge in [-0.05, 0) is 43.2 Å². The fourth-order valence-corrected chi connectivity index (χ4v) is 2.48. The highest BCUT2D eigenvalue weighted by Gasteiger charge is 2.22. The van der Waals surface area contributed by atoms with Gasteiger partial charge in [0.2, 0.25) is 0 Å². The normalized spacial score (nSPS) is 13.5. The molecule has 130 valence electrons. The predicted octanol–water partition coefficient (Wildman–Crippen LogP) is 2.54. The van der Waals surface area contributed by atoms with Crippen LogP contribution in [0.25, 0.3) is 0 Å². The van der Waals surface area contributed by atoms with Gasteiger partial charge in [-0.1, -0.05) is 18.2 Å². The maximum absolute atomic E-state index is 9.23. The van der Waals surface area contributed by atoms with Gasteiger partial charge < -0.3 is 19.9 Å². The highest BCUT2D eigenvalue weighted by molar-refractivity contribution is 5.28. The molecule has 2 aromatic rings. The Hall–Kier alpha value is -1.95. The van der Waals surface area contributed by atoms with Crippen LogP contribution >= 0.6 is 0 Å². The second kappa shape index (κ2) is 9.37. The zero-order valence-electron chi connectivity index (χ0n) is 14.4. The molecule has 0 aliphatic rings. The molecule has 1 unspecified atom stereocenters. The van der Waals surface area contributed by atoms with E-state index in [9.17, 15) is 5.11 Å². The highest BCUT2D eigenvalue weighted by Crippen LogP contribution is 2.17. The molecule has 1 aromatic heterocycles. The Kier molecular flexibility index (Phi) is 7.18. The Morgan fingerprint density at radius 2 is 2.08 bits per heavy atom. The molecule has 2 N–H and O–H groups in total. The van der Waals surface area contributed by atoms with Crippen LogP contribution < -0.4 is 10.1 Å². The minimum absolute atomic E-state index is 0.125. The molecule has 0 amide bonds. The topological polar surface area (TPSA) is 63.6 Å². The number of rotatable bonds is 10. The van der Waals surface area contributed by atoms with Crippen molar-refractivity contribution in [1.82, 2.24) is 10.3 Å². The van der Waals surface area contributed by atoms with Crippen molar-refractivity contribution in [3.63, 3.8) is 0 Å². The summed E-state index contributed by atoms with van der Waals surface area (Å²) in [6.45, 7) is 3.85. The number of pyridine rings is 1. The summed E-state index contributed by atoms with van der Waals surface area (Å²) >= 11 is 0. The molecule has 0 bridgehead atoms. The Bertz CT molecular complexity index is 599. The summed E-state index contributed by atoms with van der Waals surface area (Å²) < 4.78 is 11.1. The molecule has 0 fully saturated rings. The molecule has 2 rings (SSSR count). The Morgan fingerprint density at radius 3 is 2.79 bits per heavy atom. The molecule has 0 aliphatic carbocycles. The van der Waals surface area contributed by atoms with Gasteiger partial charge in [0.25, 0.3) is 0 Å². The molecule has 5 nitrogen and oxygen atoms in total. The van der Waals surface area contributed by atoms with Gasteiger partial charge in [0.15, 0.2) is 0 Å². The second-order valence-corrected chi connectivity index (χ2v) is 6.08. The van der Waals surface area contributed by atoms with E-state index in [4.69, 9.17) is 9.47 Å². The van der Waals surface area contributed by atoms with Crippen molar-refractivity contribution >= 4 is 0 Å². The summed E-state index contributed by atoms with van der Waals surface area (Å²) in [4.78, 5) is 4.25. The maximum atomic E-state index is 9.23. The molecule has 24 heavy (non-hydrogen) atoms. The van der Waals surface area contributed by atoms with Crippen molar-refractivity contribution in [2.45, 2.75) is 32.0 Å². The Morgan fingerprint density at radius 1 is 1.21 bits per heavy atom. The molecule has 0 radical (unpaired) electrons. The first kappa shape index (κ1) is 18.4. The van der Waals surface area contributed by atoms with Gasteiger partial charge in [0, 0.05) is 32.0 Å². The van der Waals surface area contributed by atoms with E-state index in [2.05, 4.69) is 10.3 Å². The molecule has 0 spiro atoms. The fourth-order valence-electron chi connectivity index (χ4n) is 2.48. The molecule has 0 aliphatic heterocycles. The largest absolute Gasteiger partial charge is 0.487 e. The molecular weight excluding hydrogens is 304 g/mol. The first-order valence-electron chi connectivity index (χ1n) is 8.12. The van der Waals surface area contributed by atoms with Crippen molar-refractivity contribution < 1.29 is 14.6 Å². The third kappa shape index (κ3) is 5.92. The van der Waals surface area contributed by atoms with E-state index < -0.39 is 0 Å². The lowest BCUT2D eigenvalue weighted by Gasteiger charge is -2.29. The van der Waals surface area contributed by atoms with Gasteiger partial charge in [0.05, 0.1) is 12.3 Å². The van der Waals surface area contributed by atoms with E-state index in [1.54, 1.807) is 13.3 Å². The SMILES string of the molecule is COCC(C)(CCO)NCc1cccc(OCc2ccccn2)c1. The van der Waals surface area contributed by atoms with Gasteiger partial charge >= 0.3 is 0 Å². The van der Waals surface area contributed by atoms with E-state index in [-0.39, 0.29) is 12.1 Å². The quantitative estimate of drug-likeness (QED) is 0.701. The second-order valence-electron chi connectivity index (χ2n) is 6.08. The van der Waals surface area contributed by atoms with Crippen molar-refractivity contribution in [2.75, 3.05) is 20.3 Å². The van der Waals surface area contributed by atoms with Crippen molar-refractivity contribution in [3.05, 3.63) is 59.9 Å². The summed E-state index contributed by atoms with van der Waals surface area (Å²) in [5, 5.41) is 12.7. The molecule has 1 atom stereocenters. The van der Waals surface area contributed by atoms with Crippen LogP contribution in [0.1, 0.15) is 24.6 Å². The van der Waals surface area contributed by atoms with E-state index in [1.807, 2.05) is 49.4 Å². The number of hydrogen-bond donors (Lipinski definition) is 2. The third-order valence-corrected chi connectivity index (χ3v) is 3.86. The van der Waals surface area contributed by atoms with Crippen LogP contribution in [0.15, 0.2) is 48.7 Å². The minimum atomic E-state index is -0.256. The number of nitrogens with one attached hydrogen (secondary N) is 1. The summed E-state index contributed by atoms with van der Waals surface area (Å²) in [6.07, 6.45) is 2.40. The number of benzene rings is 1. The molecular formula is C19H26N2O3. The van der Waals surface area contributed by atoms with Gasteiger partial charge in [0.1, 0.15) is 12.4 Å². The maximum Gasteiger partial charge on any atom is 0.130 e. The first-order chi connectivity index (χ1) is 11.6. The number of nitrogens with zero attached hydrogens (tertiary/aromatic N) is 1. The average molecular weight is 330 g/mol. The standard InChI is InChI=1S/C19H26N2O3/c1-19(9-11-22,15-23-2)21-13-16-6-5-8-18(12-16)24-14-17-7-3-4-10-20-17/h3-8,10,12,21-22H,9,11,13-15H2,1-2H3. The van der Waals surface area contributed by atoms with Gasteiger partial charge in [-0.2, -0.15) is 0 Å². The Balaban J connectivity index is 1.92. The Labute approximate surface area is 143 Å². The lowest BCUT2D eigenvalue weighted by Crippen LogP contribution is -2.46. The van der Waals surface area contributed by atoms with Crippen LogP contribution in [-0.2, 0) is 17.9 Å². The lowest BCUT2D eigenvalue weighted by molar-refractivity contribution is 0.0969. The molecule has 1 aromatic carbocycles. The average Bonchev–Trinajstić information content (AvgIpc) is 2.60. The fraction of sp³-hybridized carbons (Fsp3) is 0.421. The molecule has 0 saturated carbocycles. The van der Waals surface area contributed by atoms with Crippen LogP contribution in [0.2, 0.25) is 0 Å². The van der Waals surface area contributed by atoms with Gasteiger partial charge in [-0.3, -0.25) is 4.98 Å². The summed E-state index contributed by atoms with van der Waals surface area (Å²) in [7, 11) is 1.67. The molecule has 5 heteroatoms. The molecule has 1 heterocycles. The number of ether oxygens (including phenoxy) is 2. The van der Waals surface area contributed by atoms with Crippen molar-refractivity contribution in [1.29, 1.82) is 0 Å². The number of methoxy groups -OCH3 is 1.